The molecule has 0 atom stereocenters. The van der Waals surface area contributed by atoms with Crippen molar-refractivity contribution in [2.24, 2.45) is 7.05 Å². The van der Waals surface area contributed by atoms with Crippen molar-refractivity contribution in [3.63, 3.8) is 0 Å². The highest BCUT2D eigenvalue weighted by molar-refractivity contribution is 7.98. The topological polar surface area (TPSA) is 61.2 Å². The van der Waals surface area contributed by atoms with Crippen molar-refractivity contribution in [2.75, 3.05) is 27.3 Å². The van der Waals surface area contributed by atoms with Gasteiger partial charge in [-0.1, -0.05) is 11.8 Å². The van der Waals surface area contributed by atoms with Gasteiger partial charge in [0, 0.05) is 30.3 Å². The molecule has 0 bridgehead atoms. The van der Waals surface area contributed by atoms with Gasteiger partial charge >= 0.3 is 0 Å². The number of nitrogens with zero attached hydrogens (tertiary/aromatic N) is 3. The minimum absolute atomic E-state index is 0.314. The van der Waals surface area contributed by atoms with Crippen LogP contribution in [-0.2, 0) is 12.8 Å². The number of benzene rings is 1. The molecule has 0 unspecified atom stereocenters. The Bertz CT molecular complexity index is 732. The molecule has 2 aromatic rings. The third-order valence-electron chi connectivity index (χ3n) is 4.48. The van der Waals surface area contributed by atoms with Crippen LogP contribution in [0.15, 0.2) is 17.3 Å². The highest BCUT2D eigenvalue weighted by Crippen LogP contribution is 2.33. The fourth-order valence-electron chi connectivity index (χ4n) is 3.04. The van der Waals surface area contributed by atoms with E-state index in [0.29, 0.717) is 28.7 Å². The monoisotopic (exact) mass is 366 g/mol. The van der Waals surface area contributed by atoms with Crippen LogP contribution < -0.4 is 14.8 Å². The smallest absolute Gasteiger partial charge is 0.191 e. The van der Waals surface area contributed by atoms with E-state index in [-0.39, 0.29) is 5.82 Å². The summed E-state index contributed by atoms with van der Waals surface area (Å²) >= 11 is 1.47. The van der Waals surface area contributed by atoms with E-state index < -0.39 is 0 Å². The van der Waals surface area contributed by atoms with Crippen molar-refractivity contribution in [3.8, 4) is 11.5 Å². The number of aromatic nitrogens is 3. The van der Waals surface area contributed by atoms with Gasteiger partial charge in [0.05, 0.1) is 14.2 Å². The number of thioether (sulfide) groups is 1. The van der Waals surface area contributed by atoms with E-state index in [1.165, 1.54) is 24.9 Å². The van der Waals surface area contributed by atoms with Gasteiger partial charge < -0.3 is 19.4 Å². The molecule has 0 aliphatic carbocycles. The van der Waals surface area contributed by atoms with Gasteiger partial charge in [0.15, 0.2) is 16.7 Å². The first kappa shape index (κ1) is 18.0. The van der Waals surface area contributed by atoms with Gasteiger partial charge in [-0.05, 0) is 32.0 Å². The number of methoxy groups -OCH3 is 2. The molecule has 8 heteroatoms. The Balaban J connectivity index is 1.73. The average molecular weight is 366 g/mol. The van der Waals surface area contributed by atoms with Crippen molar-refractivity contribution >= 4 is 11.8 Å². The third kappa shape index (κ3) is 3.90. The highest BCUT2D eigenvalue weighted by atomic mass is 32.2. The van der Waals surface area contributed by atoms with Gasteiger partial charge in [-0.2, -0.15) is 0 Å². The summed E-state index contributed by atoms with van der Waals surface area (Å²) in [5, 5.41) is 12.8. The molecular formula is C17H23FN4O2S. The SMILES string of the molecule is COc1cc(F)c(CSc2nnc(C3CCNCC3)n2C)cc1OC. The van der Waals surface area contributed by atoms with E-state index in [9.17, 15) is 4.39 Å². The number of hydrogen-bond donors (Lipinski definition) is 1. The zero-order valence-corrected chi connectivity index (χ0v) is 15.5. The molecule has 25 heavy (non-hydrogen) atoms. The molecule has 0 spiro atoms. The summed E-state index contributed by atoms with van der Waals surface area (Å²) in [5.74, 6) is 2.49. The lowest BCUT2D eigenvalue weighted by Crippen LogP contribution is -2.27. The maximum atomic E-state index is 14.3. The Morgan fingerprint density at radius 3 is 2.56 bits per heavy atom. The number of rotatable bonds is 6. The fraction of sp³-hybridized carbons (Fsp3) is 0.529. The Kier molecular flexibility index (Phi) is 5.80. The van der Waals surface area contributed by atoms with E-state index in [4.69, 9.17) is 9.47 Å². The van der Waals surface area contributed by atoms with E-state index >= 15 is 0 Å². The molecule has 1 fully saturated rings. The standard InChI is InChI=1S/C17H23FN4O2S/c1-22-16(11-4-6-19-7-5-11)20-21-17(22)25-10-12-8-14(23-2)15(24-3)9-13(12)18/h8-9,11,19H,4-7,10H2,1-3H3. The fourth-order valence-corrected chi connectivity index (χ4v) is 3.93. The van der Waals surface area contributed by atoms with Crippen molar-refractivity contribution in [1.29, 1.82) is 0 Å². The summed E-state index contributed by atoms with van der Waals surface area (Å²) in [6, 6.07) is 3.02. The zero-order valence-electron chi connectivity index (χ0n) is 14.7. The molecule has 3 rings (SSSR count). The maximum absolute atomic E-state index is 14.3. The Morgan fingerprint density at radius 2 is 1.88 bits per heavy atom. The molecule has 1 aromatic carbocycles. The van der Waals surface area contributed by atoms with Gasteiger partial charge in [0.1, 0.15) is 11.6 Å². The second-order valence-corrected chi connectivity index (χ2v) is 6.95. The maximum Gasteiger partial charge on any atom is 0.191 e. The molecule has 1 aliphatic heterocycles. The quantitative estimate of drug-likeness (QED) is 0.794. The molecule has 0 radical (unpaired) electrons. The minimum atomic E-state index is -0.314. The van der Waals surface area contributed by atoms with Crippen LogP contribution >= 0.6 is 11.8 Å². The molecule has 136 valence electrons. The van der Waals surface area contributed by atoms with Crippen LogP contribution in [0.2, 0.25) is 0 Å². The van der Waals surface area contributed by atoms with Gasteiger partial charge in [-0.3, -0.25) is 0 Å². The number of hydrogen-bond acceptors (Lipinski definition) is 6. The van der Waals surface area contributed by atoms with Crippen LogP contribution in [0.4, 0.5) is 4.39 Å². The molecule has 2 heterocycles. The van der Waals surface area contributed by atoms with Crippen LogP contribution in [0.25, 0.3) is 0 Å². The first-order valence-electron chi connectivity index (χ1n) is 8.27. The van der Waals surface area contributed by atoms with Crippen LogP contribution in [0.5, 0.6) is 11.5 Å². The van der Waals surface area contributed by atoms with Gasteiger partial charge in [-0.15, -0.1) is 10.2 Å². The minimum Gasteiger partial charge on any atom is -0.493 e. The van der Waals surface area contributed by atoms with Crippen molar-refractivity contribution in [2.45, 2.75) is 29.7 Å². The molecule has 6 nitrogen and oxygen atoms in total. The summed E-state index contributed by atoms with van der Waals surface area (Å²) in [6.07, 6.45) is 2.14. The average Bonchev–Trinajstić information content (AvgIpc) is 3.01. The molecule has 1 aromatic heterocycles. The number of nitrogens with one attached hydrogen (secondary N) is 1. The highest BCUT2D eigenvalue weighted by Gasteiger charge is 2.22. The summed E-state index contributed by atoms with van der Waals surface area (Å²) in [5.41, 5.74) is 0.550. The van der Waals surface area contributed by atoms with Gasteiger partial charge in [-0.25, -0.2) is 4.39 Å². The Morgan fingerprint density at radius 1 is 1.20 bits per heavy atom. The number of halogens is 1. The van der Waals surface area contributed by atoms with Crippen LogP contribution in [0, 0.1) is 5.82 Å². The molecule has 1 saturated heterocycles. The van der Waals surface area contributed by atoms with Crippen LogP contribution in [0.1, 0.15) is 30.1 Å². The van der Waals surface area contributed by atoms with E-state index in [1.54, 1.807) is 13.2 Å². The van der Waals surface area contributed by atoms with Gasteiger partial charge in [0.25, 0.3) is 0 Å². The molecule has 1 aliphatic rings. The van der Waals surface area contributed by atoms with Crippen molar-refractivity contribution in [3.05, 3.63) is 29.3 Å². The summed E-state index contributed by atoms with van der Waals surface area (Å²) in [4.78, 5) is 0. The zero-order chi connectivity index (χ0) is 17.8. The molecule has 1 N–H and O–H groups in total. The first-order valence-corrected chi connectivity index (χ1v) is 9.25. The Hall–Kier alpha value is -1.80. The van der Waals surface area contributed by atoms with Crippen LogP contribution in [-0.4, -0.2) is 42.1 Å². The second kappa shape index (κ2) is 8.05. The second-order valence-electron chi connectivity index (χ2n) is 6.01. The summed E-state index contributed by atoms with van der Waals surface area (Å²) in [6.45, 7) is 2.02. The van der Waals surface area contributed by atoms with E-state index in [2.05, 4.69) is 15.5 Å². The lowest BCUT2D eigenvalue weighted by atomic mass is 9.97. The molecule has 0 amide bonds. The third-order valence-corrected chi connectivity index (χ3v) is 5.55. The van der Waals surface area contributed by atoms with E-state index in [1.807, 2.05) is 11.6 Å². The lowest BCUT2D eigenvalue weighted by Gasteiger charge is -2.21. The van der Waals surface area contributed by atoms with E-state index in [0.717, 1.165) is 36.9 Å². The normalized spacial score (nSPS) is 15.4. The van der Waals surface area contributed by atoms with Gasteiger partial charge in [0.2, 0.25) is 0 Å². The predicted molar refractivity (Wildman–Crippen MR) is 94.9 cm³/mol. The molecule has 0 saturated carbocycles. The number of piperidine rings is 1. The van der Waals surface area contributed by atoms with Crippen molar-refractivity contribution < 1.29 is 13.9 Å². The van der Waals surface area contributed by atoms with Crippen molar-refractivity contribution in [1.82, 2.24) is 20.1 Å². The molecular weight excluding hydrogens is 343 g/mol. The lowest BCUT2D eigenvalue weighted by molar-refractivity contribution is 0.352. The van der Waals surface area contributed by atoms with Crippen LogP contribution in [0.3, 0.4) is 0 Å². The first-order chi connectivity index (χ1) is 12.1. The summed E-state index contributed by atoms with van der Waals surface area (Å²) in [7, 11) is 5.01. The Labute approximate surface area is 151 Å². The largest absolute Gasteiger partial charge is 0.493 e. The summed E-state index contributed by atoms with van der Waals surface area (Å²) < 4.78 is 26.7. The predicted octanol–water partition coefficient (Wildman–Crippen LogP) is 2.73. The number of ether oxygens (including phenoxy) is 2.